The van der Waals surface area contributed by atoms with E-state index in [4.69, 9.17) is 0 Å². The second-order valence-electron chi connectivity index (χ2n) is 4.14. The van der Waals surface area contributed by atoms with Crippen molar-refractivity contribution in [1.29, 1.82) is 0 Å². The Morgan fingerprint density at radius 2 is 2.47 bits per heavy atom. The number of hydrogen-bond donors (Lipinski definition) is 1. The number of thioether (sulfide) groups is 1. The van der Waals surface area contributed by atoms with Crippen molar-refractivity contribution in [2.24, 2.45) is 5.92 Å². The first-order valence-electron chi connectivity index (χ1n) is 5.73. The minimum absolute atomic E-state index is 0.00532. The average Bonchev–Trinajstić information content (AvgIpc) is 3.19. The number of carbonyl (C=O) groups is 1. The molecule has 2 rings (SSSR count). The molecule has 1 aliphatic rings. The molecule has 1 aromatic heterocycles. The summed E-state index contributed by atoms with van der Waals surface area (Å²) in [5.74, 6) is 0.810. The topological polar surface area (TPSA) is 42.0 Å². The smallest absolute Gasteiger partial charge is 0.189 e. The third-order valence-corrected chi connectivity index (χ3v) is 3.39. The molecule has 0 radical (unpaired) electrons. The van der Waals surface area contributed by atoms with Crippen LogP contribution in [0.2, 0.25) is 0 Å². The van der Waals surface area contributed by atoms with Crippen molar-refractivity contribution in [1.82, 2.24) is 10.3 Å². The minimum atomic E-state index is 0.00532. The van der Waals surface area contributed by atoms with Crippen LogP contribution in [0.25, 0.3) is 0 Å². The summed E-state index contributed by atoms with van der Waals surface area (Å²) < 4.78 is 0. The largest absolute Gasteiger partial charge is 0.379 e. The number of aromatic nitrogens is 1. The number of ketones is 1. The van der Waals surface area contributed by atoms with Gasteiger partial charge in [-0.3, -0.25) is 9.78 Å². The van der Waals surface area contributed by atoms with Gasteiger partial charge in [-0.25, -0.2) is 0 Å². The van der Waals surface area contributed by atoms with Gasteiger partial charge in [-0.1, -0.05) is 0 Å². The molecule has 1 N–H and O–H groups in total. The summed E-state index contributed by atoms with van der Waals surface area (Å²) in [6.07, 6.45) is 9.52. The fourth-order valence-corrected chi connectivity index (χ4v) is 1.91. The van der Waals surface area contributed by atoms with E-state index >= 15 is 0 Å². The van der Waals surface area contributed by atoms with E-state index in [1.807, 2.05) is 6.26 Å². The second-order valence-corrected chi connectivity index (χ2v) is 4.99. The molecule has 1 aliphatic carbocycles. The molecule has 3 nitrogen and oxygen atoms in total. The highest BCUT2D eigenvalue weighted by Gasteiger charge is 2.20. The van der Waals surface area contributed by atoms with E-state index < -0.39 is 0 Å². The molecular weight excluding hydrogens is 232 g/mol. The molecule has 0 amide bonds. The van der Waals surface area contributed by atoms with Crippen LogP contribution < -0.4 is 5.32 Å². The molecule has 1 fully saturated rings. The monoisotopic (exact) mass is 248 g/mol. The first-order valence-corrected chi connectivity index (χ1v) is 6.96. The first-order chi connectivity index (χ1) is 8.29. The summed E-state index contributed by atoms with van der Waals surface area (Å²) in [5, 5.41) is 4.25. The number of carbonyl (C=O) groups excluding carboxylic acids is 1. The number of pyridine rings is 1. The summed E-state index contributed by atoms with van der Waals surface area (Å²) in [5.41, 5.74) is 0.632. The minimum Gasteiger partial charge on any atom is -0.379 e. The third-order valence-electron chi connectivity index (χ3n) is 2.69. The van der Waals surface area contributed by atoms with Gasteiger partial charge in [-0.05, 0) is 37.1 Å². The zero-order valence-electron chi connectivity index (χ0n) is 9.85. The van der Waals surface area contributed by atoms with Crippen molar-refractivity contribution in [2.45, 2.75) is 12.8 Å². The normalized spacial score (nSPS) is 15.7. The molecule has 0 bridgehead atoms. The van der Waals surface area contributed by atoms with Crippen molar-refractivity contribution in [2.75, 3.05) is 12.8 Å². The van der Waals surface area contributed by atoms with E-state index in [9.17, 15) is 4.79 Å². The maximum Gasteiger partial charge on any atom is 0.189 e. The molecule has 0 atom stereocenters. The van der Waals surface area contributed by atoms with Crippen LogP contribution in [0.3, 0.4) is 0 Å². The van der Waals surface area contributed by atoms with Crippen LogP contribution >= 0.6 is 11.8 Å². The molecule has 0 saturated heterocycles. The molecular formula is C13H16N2OS. The fourth-order valence-electron chi connectivity index (χ4n) is 1.46. The van der Waals surface area contributed by atoms with E-state index in [2.05, 4.69) is 10.3 Å². The van der Waals surface area contributed by atoms with Crippen molar-refractivity contribution >= 4 is 17.5 Å². The highest BCUT2D eigenvalue weighted by Crippen LogP contribution is 2.28. The molecule has 1 saturated carbocycles. The Labute approximate surface area is 106 Å². The maximum absolute atomic E-state index is 11.9. The predicted octanol–water partition coefficient (Wildman–Crippen LogP) is 2.47. The van der Waals surface area contributed by atoms with Crippen LogP contribution in [0.1, 0.15) is 23.2 Å². The van der Waals surface area contributed by atoms with Gasteiger partial charge in [0.25, 0.3) is 0 Å². The SMILES string of the molecule is CS/C(=C\C(=O)c1cccnc1)NCC1CC1. The lowest BCUT2D eigenvalue weighted by atomic mass is 10.2. The van der Waals surface area contributed by atoms with E-state index in [-0.39, 0.29) is 5.78 Å². The molecule has 0 unspecified atom stereocenters. The summed E-state index contributed by atoms with van der Waals surface area (Å²) in [6.45, 7) is 0.979. The molecule has 1 heterocycles. The lowest BCUT2D eigenvalue weighted by molar-refractivity contribution is 0.104. The van der Waals surface area contributed by atoms with Crippen LogP contribution in [0, 0.1) is 5.92 Å². The Kier molecular flexibility index (Phi) is 4.20. The molecule has 17 heavy (non-hydrogen) atoms. The molecule has 1 aromatic rings. The second kappa shape index (κ2) is 5.87. The zero-order chi connectivity index (χ0) is 12.1. The Hall–Kier alpha value is -1.29. The van der Waals surface area contributed by atoms with Crippen LogP contribution in [0.15, 0.2) is 35.6 Å². The standard InChI is InChI=1S/C13H16N2OS/c1-17-13(15-8-10-4-5-10)7-12(16)11-3-2-6-14-9-11/h2-3,6-7,9-10,15H,4-5,8H2,1H3/b13-7-. The number of hydrogen-bond acceptors (Lipinski definition) is 4. The van der Waals surface area contributed by atoms with Crippen LogP contribution in [-0.2, 0) is 0 Å². The van der Waals surface area contributed by atoms with Crippen LogP contribution in [0.5, 0.6) is 0 Å². The maximum atomic E-state index is 11.9. The number of nitrogens with one attached hydrogen (secondary N) is 1. The van der Waals surface area contributed by atoms with Gasteiger partial charge in [0.2, 0.25) is 0 Å². The van der Waals surface area contributed by atoms with Gasteiger partial charge in [0.15, 0.2) is 5.78 Å². The highest BCUT2D eigenvalue weighted by molar-refractivity contribution is 8.02. The zero-order valence-corrected chi connectivity index (χ0v) is 10.7. The summed E-state index contributed by atoms with van der Waals surface area (Å²) in [6, 6.07) is 3.56. The molecule has 0 aromatic carbocycles. The van der Waals surface area contributed by atoms with Gasteiger partial charge in [-0.15, -0.1) is 11.8 Å². The predicted molar refractivity (Wildman–Crippen MR) is 70.9 cm³/mol. The molecule has 90 valence electrons. The van der Waals surface area contributed by atoms with Crippen molar-refractivity contribution in [3.8, 4) is 0 Å². The van der Waals surface area contributed by atoms with E-state index in [1.54, 1.807) is 42.4 Å². The van der Waals surface area contributed by atoms with Crippen LogP contribution in [0.4, 0.5) is 0 Å². The van der Waals surface area contributed by atoms with Gasteiger partial charge < -0.3 is 5.32 Å². The summed E-state index contributed by atoms with van der Waals surface area (Å²) >= 11 is 1.57. The van der Waals surface area contributed by atoms with Crippen LogP contribution in [-0.4, -0.2) is 23.6 Å². The van der Waals surface area contributed by atoms with Crippen molar-refractivity contribution in [3.05, 3.63) is 41.2 Å². The lowest BCUT2D eigenvalue weighted by Crippen LogP contribution is -2.15. The molecule has 4 heteroatoms. The van der Waals surface area contributed by atoms with Crippen molar-refractivity contribution in [3.63, 3.8) is 0 Å². The fraction of sp³-hybridized carbons (Fsp3) is 0.385. The van der Waals surface area contributed by atoms with Gasteiger partial charge >= 0.3 is 0 Å². The highest BCUT2D eigenvalue weighted by atomic mass is 32.2. The first kappa shape index (κ1) is 12.2. The van der Waals surface area contributed by atoms with E-state index in [1.165, 1.54) is 12.8 Å². The summed E-state index contributed by atoms with van der Waals surface area (Å²) in [7, 11) is 0. The Balaban J connectivity index is 1.97. The van der Waals surface area contributed by atoms with Crippen molar-refractivity contribution < 1.29 is 4.79 Å². The third kappa shape index (κ3) is 3.89. The average molecular weight is 248 g/mol. The Morgan fingerprint density at radius 1 is 1.65 bits per heavy atom. The summed E-state index contributed by atoms with van der Waals surface area (Å²) in [4.78, 5) is 15.9. The quantitative estimate of drug-likeness (QED) is 0.620. The Bertz CT molecular complexity index is 413. The van der Waals surface area contributed by atoms with E-state index in [0.717, 1.165) is 17.5 Å². The van der Waals surface area contributed by atoms with Gasteiger partial charge in [0.05, 0.1) is 5.03 Å². The number of rotatable bonds is 6. The van der Waals surface area contributed by atoms with Gasteiger partial charge in [-0.2, -0.15) is 0 Å². The lowest BCUT2D eigenvalue weighted by Gasteiger charge is -2.07. The number of allylic oxidation sites excluding steroid dienone is 1. The van der Waals surface area contributed by atoms with Gasteiger partial charge in [0.1, 0.15) is 0 Å². The molecule has 0 aliphatic heterocycles. The number of nitrogens with zero attached hydrogens (tertiary/aromatic N) is 1. The van der Waals surface area contributed by atoms with Gasteiger partial charge in [0, 0.05) is 30.6 Å². The Morgan fingerprint density at radius 3 is 3.06 bits per heavy atom. The van der Waals surface area contributed by atoms with E-state index in [0.29, 0.717) is 5.56 Å². The molecule has 0 spiro atoms.